The van der Waals surface area contributed by atoms with Gasteiger partial charge in [0.1, 0.15) is 0 Å². The minimum Gasteiger partial charge on any atom is -0.320 e. The van der Waals surface area contributed by atoms with E-state index in [-0.39, 0.29) is 6.04 Å². The van der Waals surface area contributed by atoms with Crippen molar-refractivity contribution in [3.05, 3.63) is 51.0 Å². The van der Waals surface area contributed by atoms with Crippen molar-refractivity contribution in [3.63, 3.8) is 0 Å². The summed E-state index contributed by atoms with van der Waals surface area (Å²) in [6.07, 6.45) is 0. The van der Waals surface area contributed by atoms with Crippen LogP contribution in [0.5, 0.6) is 0 Å². The topological polar surface area (TPSA) is 26.0 Å². The Kier molecular flexibility index (Phi) is 5.11. The van der Waals surface area contributed by atoms with E-state index in [1.807, 2.05) is 6.07 Å². The van der Waals surface area contributed by atoms with Gasteiger partial charge < -0.3 is 5.73 Å². The fourth-order valence-electron chi connectivity index (χ4n) is 1.42. The third kappa shape index (κ3) is 3.33. The third-order valence-electron chi connectivity index (χ3n) is 2.26. The van der Waals surface area contributed by atoms with Gasteiger partial charge in [-0.3, -0.25) is 0 Å². The van der Waals surface area contributed by atoms with Gasteiger partial charge >= 0.3 is 0 Å². The van der Waals surface area contributed by atoms with Gasteiger partial charge in [0.2, 0.25) is 0 Å². The molecule has 0 bridgehead atoms. The molecule has 2 N–H and O–H groups in total. The van der Waals surface area contributed by atoms with E-state index >= 15 is 0 Å². The highest BCUT2D eigenvalue weighted by molar-refractivity contribution is 14.1. The average Bonchev–Trinajstić information content (AvgIpc) is 2.62. The summed E-state index contributed by atoms with van der Waals surface area (Å²) in [4.78, 5) is 1.13. The first-order valence-electron chi connectivity index (χ1n) is 4.64. The molecule has 0 aliphatic heterocycles. The van der Waals surface area contributed by atoms with E-state index in [9.17, 15) is 0 Å². The van der Waals surface area contributed by atoms with Gasteiger partial charge in [0.15, 0.2) is 0 Å². The maximum Gasteiger partial charge on any atom is 0.0843 e. The van der Waals surface area contributed by atoms with Crippen LogP contribution >= 0.6 is 81.7 Å². The van der Waals surface area contributed by atoms with E-state index in [1.165, 1.54) is 3.57 Å². The first-order valence-corrected chi connectivity index (χ1v) is 8.91. The Morgan fingerprint density at radius 1 is 1.12 bits per heavy atom. The van der Waals surface area contributed by atoms with Gasteiger partial charge in [-0.2, -0.15) is 0 Å². The number of rotatable bonds is 2. The van der Waals surface area contributed by atoms with Crippen molar-refractivity contribution in [3.8, 4) is 0 Å². The molecule has 1 atom stereocenters. The molecule has 90 valence electrons. The smallest absolute Gasteiger partial charge is 0.0843 e. The molecule has 17 heavy (non-hydrogen) atoms. The van der Waals surface area contributed by atoms with Gasteiger partial charge in [0, 0.05) is 17.4 Å². The Labute approximate surface area is 143 Å². The second-order valence-electron chi connectivity index (χ2n) is 3.41. The van der Waals surface area contributed by atoms with Crippen LogP contribution in [0.15, 0.2) is 37.0 Å². The first-order chi connectivity index (χ1) is 7.99. The molecular weight excluding hydrogens is 545 g/mol. The molecule has 0 saturated carbocycles. The predicted molar refractivity (Wildman–Crippen MR) is 92.6 cm³/mol. The minimum atomic E-state index is -0.105. The van der Waals surface area contributed by atoms with E-state index in [2.05, 4.69) is 88.6 Å². The van der Waals surface area contributed by atoms with Crippen LogP contribution in [0.1, 0.15) is 16.5 Å². The summed E-state index contributed by atoms with van der Waals surface area (Å²) in [6, 6.07) is 8.16. The summed E-state index contributed by atoms with van der Waals surface area (Å²) >= 11 is 14.5. The van der Waals surface area contributed by atoms with E-state index in [4.69, 9.17) is 5.73 Å². The summed E-state index contributed by atoms with van der Waals surface area (Å²) in [5.74, 6) is 0. The van der Waals surface area contributed by atoms with Crippen molar-refractivity contribution >= 4 is 81.7 Å². The van der Waals surface area contributed by atoms with Crippen LogP contribution < -0.4 is 5.73 Å². The molecule has 0 amide bonds. The molecule has 1 unspecified atom stereocenters. The Hall–Kier alpha value is 1.05. The van der Waals surface area contributed by atoms with Crippen LogP contribution in [0, 0.1) is 3.57 Å². The van der Waals surface area contributed by atoms with Gasteiger partial charge in [-0.25, -0.2) is 0 Å². The van der Waals surface area contributed by atoms with Gasteiger partial charge in [0.05, 0.1) is 9.83 Å². The van der Waals surface area contributed by atoms with E-state index < -0.39 is 0 Å². The molecule has 0 spiro atoms. The predicted octanol–water partition coefficient (Wildman–Crippen LogP) is 5.69. The zero-order chi connectivity index (χ0) is 12.6. The van der Waals surface area contributed by atoms with Crippen molar-refractivity contribution in [2.75, 3.05) is 0 Å². The molecule has 0 saturated heterocycles. The lowest BCUT2D eigenvalue weighted by molar-refractivity contribution is 0.886. The summed E-state index contributed by atoms with van der Waals surface area (Å²) in [5.41, 5.74) is 7.41. The van der Waals surface area contributed by atoms with E-state index in [1.54, 1.807) is 11.3 Å². The molecule has 0 fully saturated rings. The summed E-state index contributed by atoms with van der Waals surface area (Å²) < 4.78 is 4.36. The normalized spacial score (nSPS) is 12.8. The second-order valence-corrected chi connectivity index (χ2v) is 8.77. The summed E-state index contributed by atoms with van der Waals surface area (Å²) in [6.45, 7) is 0. The zero-order valence-corrected chi connectivity index (χ0v) is 16.1. The molecule has 2 rings (SSSR count). The molecule has 1 aromatic heterocycles. The fourth-order valence-corrected chi connectivity index (χ4v) is 4.54. The quantitative estimate of drug-likeness (QED) is 0.477. The van der Waals surface area contributed by atoms with Crippen molar-refractivity contribution in [2.24, 2.45) is 5.73 Å². The van der Waals surface area contributed by atoms with Crippen LogP contribution in [0.25, 0.3) is 0 Å². The highest BCUT2D eigenvalue weighted by Gasteiger charge is 2.16. The number of thiophene rings is 1. The number of hydrogen-bond acceptors (Lipinski definition) is 2. The van der Waals surface area contributed by atoms with Crippen molar-refractivity contribution in [2.45, 2.75) is 6.04 Å². The zero-order valence-electron chi connectivity index (χ0n) is 8.38. The summed E-state index contributed by atoms with van der Waals surface area (Å²) in [7, 11) is 0. The van der Waals surface area contributed by atoms with Crippen LogP contribution in [0.4, 0.5) is 0 Å². The molecule has 6 heteroatoms. The lowest BCUT2D eigenvalue weighted by Gasteiger charge is -2.12. The highest BCUT2D eigenvalue weighted by Crippen LogP contribution is 2.38. The largest absolute Gasteiger partial charge is 0.320 e. The third-order valence-corrected chi connectivity index (χ3v) is 7.00. The molecule has 0 radical (unpaired) electrons. The van der Waals surface area contributed by atoms with Crippen LogP contribution in [0.3, 0.4) is 0 Å². The van der Waals surface area contributed by atoms with Crippen LogP contribution in [0.2, 0.25) is 0 Å². The fraction of sp³-hybridized carbons (Fsp3) is 0.0909. The Morgan fingerprint density at radius 2 is 1.82 bits per heavy atom. The van der Waals surface area contributed by atoms with Crippen molar-refractivity contribution < 1.29 is 0 Å². The Balaban J connectivity index is 2.42. The van der Waals surface area contributed by atoms with Crippen LogP contribution in [-0.4, -0.2) is 0 Å². The van der Waals surface area contributed by atoms with E-state index in [0.29, 0.717) is 0 Å². The monoisotopic (exact) mass is 549 g/mol. The maximum atomic E-state index is 6.30. The minimum absolute atomic E-state index is 0.105. The van der Waals surface area contributed by atoms with E-state index in [0.717, 1.165) is 23.2 Å². The number of halogens is 4. The molecule has 1 aromatic carbocycles. The molecular formula is C11H7Br3INS. The van der Waals surface area contributed by atoms with Gasteiger partial charge in [-0.05, 0) is 84.3 Å². The highest BCUT2D eigenvalue weighted by atomic mass is 127. The standard InChI is InChI=1S/C11H7Br3INS/c12-7-2-1-5(15)3-6(7)10(16)9-4-8(13)11(14)17-9/h1-4,10H,16H2. The Bertz CT molecular complexity index is 536. The summed E-state index contributed by atoms with van der Waals surface area (Å²) in [5, 5.41) is 0. The SMILES string of the molecule is NC(c1cc(Br)c(Br)s1)c1cc(I)ccc1Br. The maximum absolute atomic E-state index is 6.30. The van der Waals surface area contributed by atoms with Crippen LogP contribution in [-0.2, 0) is 0 Å². The van der Waals surface area contributed by atoms with Gasteiger partial charge in [0.25, 0.3) is 0 Å². The number of benzene rings is 1. The Morgan fingerprint density at radius 3 is 2.41 bits per heavy atom. The molecule has 0 aliphatic rings. The van der Waals surface area contributed by atoms with Crippen molar-refractivity contribution in [1.29, 1.82) is 0 Å². The molecule has 1 heterocycles. The van der Waals surface area contributed by atoms with Gasteiger partial charge in [-0.1, -0.05) is 15.9 Å². The molecule has 1 nitrogen and oxygen atoms in total. The molecule has 2 aromatic rings. The lowest BCUT2D eigenvalue weighted by atomic mass is 10.1. The number of hydrogen-bond donors (Lipinski definition) is 1. The second kappa shape index (κ2) is 6.00. The van der Waals surface area contributed by atoms with Gasteiger partial charge in [-0.15, -0.1) is 11.3 Å². The van der Waals surface area contributed by atoms with Crippen molar-refractivity contribution in [1.82, 2.24) is 0 Å². The average molecular weight is 552 g/mol. The number of nitrogens with two attached hydrogens (primary N) is 1. The first kappa shape index (κ1) is 14.5. The molecule has 0 aliphatic carbocycles. The lowest BCUT2D eigenvalue weighted by Crippen LogP contribution is -2.11.